The number of nitrogens with zero attached hydrogens (tertiary/aromatic N) is 3. The van der Waals surface area contributed by atoms with Crippen molar-refractivity contribution >= 4 is 34.7 Å². The molecule has 1 aromatic heterocycles. The lowest BCUT2D eigenvalue weighted by molar-refractivity contribution is 0.102. The van der Waals surface area contributed by atoms with E-state index in [1.54, 1.807) is 6.20 Å². The zero-order chi connectivity index (χ0) is 15.1. The van der Waals surface area contributed by atoms with Crippen LogP contribution in [0.2, 0.25) is 5.28 Å². The number of halogens is 1. The number of nitrogens with one attached hydrogen (secondary N) is 1. The molecule has 2 heterocycles. The fraction of sp³-hybridized carbons (Fsp3) is 0.312. The van der Waals surface area contributed by atoms with E-state index in [9.17, 15) is 4.79 Å². The molecule has 1 amide bonds. The average molecular weight is 315 g/mol. The third-order valence-electron chi connectivity index (χ3n) is 4.31. The first-order valence-corrected chi connectivity index (χ1v) is 7.84. The van der Waals surface area contributed by atoms with Crippen LogP contribution in [0.1, 0.15) is 36.0 Å². The summed E-state index contributed by atoms with van der Waals surface area (Å²) in [5.41, 5.74) is 2.15. The number of aromatic nitrogens is 2. The van der Waals surface area contributed by atoms with E-state index in [4.69, 9.17) is 11.6 Å². The molecule has 6 heteroatoms. The minimum atomic E-state index is -0.136. The van der Waals surface area contributed by atoms with Crippen LogP contribution in [0.4, 0.5) is 17.2 Å². The lowest BCUT2D eigenvalue weighted by atomic mass is 10.1. The van der Waals surface area contributed by atoms with Gasteiger partial charge >= 0.3 is 0 Å². The second-order valence-corrected chi connectivity index (χ2v) is 5.99. The molecule has 1 aliphatic carbocycles. The Morgan fingerprint density at radius 2 is 2.00 bits per heavy atom. The Hall–Kier alpha value is -2.14. The Morgan fingerprint density at radius 1 is 1.23 bits per heavy atom. The van der Waals surface area contributed by atoms with Gasteiger partial charge in [-0.25, -0.2) is 4.98 Å². The largest absolute Gasteiger partial charge is 0.321 e. The second-order valence-electron chi connectivity index (χ2n) is 5.66. The molecule has 1 aliphatic heterocycles. The van der Waals surface area contributed by atoms with Crippen molar-refractivity contribution in [2.24, 2.45) is 0 Å². The minimum Gasteiger partial charge on any atom is -0.321 e. The summed E-state index contributed by atoms with van der Waals surface area (Å²) in [5.74, 6) is 0.550. The number of carbonyl (C=O) groups is 1. The van der Waals surface area contributed by atoms with Gasteiger partial charge in [-0.15, -0.1) is 0 Å². The Bertz CT molecular complexity index is 743. The van der Waals surface area contributed by atoms with Crippen molar-refractivity contribution in [1.82, 2.24) is 9.97 Å². The van der Waals surface area contributed by atoms with Gasteiger partial charge in [0.2, 0.25) is 5.28 Å². The number of hydrogen-bond acceptors (Lipinski definition) is 4. The molecule has 0 radical (unpaired) electrons. The molecule has 22 heavy (non-hydrogen) atoms. The molecule has 112 valence electrons. The maximum Gasteiger partial charge on any atom is 0.257 e. The van der Waals surface area contributed by atoms with E-state index in [1.165, 1.54) is 12.8 Å². The lowest BCUT2D eigenvalue weighted by Crippen LogP contribution is -2.29. The Morgan fingerprint density at radius 3 is 2.82 bits per heavy atom. The number of benzene rings is 1. The fourth-order valence-corrected chi connectivity index (χ4v) is 3.46. The quantitative estimate of drug-likeness (QED) is 0.814. The van der Waals surface area contributed by atoms with E-state index in [2.05, 4.69) is 20.2 Å². The first-order chi connectivity index (χ1) is 10.7. The van der Waals surface area contributed by atoms with Gasteiger partial charge in [0, 0.05) is 6.04 Å². The molecular weight excluding hydrogens is 300 g/mol. The van der Waals surface area contributed by atoms with Gasteiger partial charge in [-0.05, 0) is 36.6 Å². The highest BCUT2D eigenvalue weighted by Crippen LogP contribution is 2.41. The topological polar surface area (TPSA) is 58.1 Å². The van der Waals surface area contributed by atoms with Crippen LogP contribution in [0.15, 0.2) is 30.5 Å². The summed E-state index contributed by atoms with van der Waals surface area (Å²) in [4.78, 5) is 23.0. The molecule has 1 N–H and O–H groups in total. The smallest absolute Gasteiger partial charge is 0.257 e. The maximum absolute atomic E-state index is 12.5. The molecule has 2 aromatic rings. The molecule has 0 bridgehead atoms. The van der Waals surface area contributed by atoms with Crippen LogP contribution in [0.3, 0.4) is 0 Å². The molecule has 1 aromatic carbocycles. The van der Waals surface area contributed by atoms with Crippen LogP contribution in [-0.4, -0.2) is 21.9 Å². The van der Waals surface area contributed by atoms with Gasteiger partial charge in [0.05, 0.1) is 17.4 Å². The Kier molecular flexibility index (Phi) is 3.22. The zero-order valence-electron chi connectivity index (χ0n) is 11.9. The number of rotatable bonds is 1. The van der Waals surface area contributed by atoms with Gasteiger partial charge < -0.3 is 10.2 Å². The van der Waals surface area contributed by atoms with Crippen molar-refractivity contribution in [2.45, 2.75) is 31.7 Å². The molecule has 0 atom stereocenters. The summed E-state index contributed by atoms with van der Waals surface area (Å²) >= 11 is 6.00. The predicted molar refractivity (Wildman–Crippen MR) is 85.8 cm³/mol. The highest BCUT2D eigenvalue weighted by atomic mass is 35.5. The summed E-state index contributed by atoms with van der Waals surface area (Å²) in [6, 6.07) is 7.96. The molecule has 0 unspecified atom stereocenters. The van der Waals surface area contributed by atoms with Gasteiger partial charge in [0.15, 0.2) is 5.82 Å². The van der Waals surface area contributed by atoms with E-state index >= 15 is 0 Å². The van der Waals surface area contributed by atoms with Crippen LogP contribution in [-0.2, 0) is 0 Å². The average Bonchev–Trinajstić information content (AvgIpc) is 3.01. The Balaban J connectivity index is 1.95. The molecular formula is C16H15ClN4O. The molecule has 4 rings (SSSR count). The van der Waals surface area contributed by atoms with Crippen molar-refractivity contribution in [1.29, 1.82) is 0 Å². The molecule has 0 spiro atoms. The van der Waals surface area contributed by atoms with Crippen LogP contribution >= 0.6 is 11.6 Å². The van der Waals surface area contributed by atoms with Crippen molar-refractivity contribution in [3.63, 3.8) is 0 Å². The molecule has 1 fully saturated rings. The summed E-state index contributed by atoms with van der Waals surface area (Å²) in [6.45, 7) is 0. The van der Waals surface area contributed by atoms with E-state index in [0.717, 1.165) is 18.5 Å². The van der Waals surface area contributed by atoms with Crippen LogP contribution in [0.5, 0.6) is 0 Å². The maximum atomic E-state index is 12.5. The molecule has 1 saturated carbocycles. The second kappa shape index (κ2) is 5.25. The minimum absolute atomic E-state index is 0.136. The normalized spacial score (nSPS) is 17.7. The predicted octanol–water partition coefficient (Wildman–Crippen LogP) is 3.78. The van der Waals surface area contributed by atoms with Crippen LogP contribution in [0.25, 0.3) is 0 Å². The van der Waals surface area contributed by atoms with Crippen molar-refractivity contribution in [2.75, 3.05) is 10.2 Å². The lowest BCUT2D eigenvalue weighted by Gasteiger charge is -2.30. The third-order valence-corrected chi connectivity index (χ3v) is 4.50. The standard InChI is InChI=1S/C16H15ClN4O/c17-16-18-9-12-14(20-16)21(10-5-1-2-6-10)13-8-4-3-7-11(13)15(22)19-12/h3-4,7-10H,1-2,5-6H2,(H,19,22). The first kappa shape index (κ1) is 13.5. The number of carbonyl (C=O) groups excluding carboxylic acids is 1. The monoisotopic (exact) mass is 314 g/mol. The highest BCUT2D eigenvalue weighted by Gasteiger charge is 2.32. The van der Waals surface area contributed by atoms with Gasteiger partial charge in [0.25, 0.3) is 5.91 Å². The van der Waals surface area contributed by atoms with Gasteiger partial charge in [-0.3, -0.25) is 4.79 Å². The summed E-state index contributed by atoms with van der Waals surface area (Å²) in [5, 5.41) is 3.09. The molecule has 2 aliphatic rings. The molecule has 5 nitrogen and oxygen atoms in total. The van der Waals surface area contributed by atoms with E-state index in [0.29, 0.717) is 23.1 Å². The SMILES string of the molecule is O=C1Nc2cnc(Cl)nc2N(C2CCCC2)c2ccccc21. The Labute approximate surface area is 133 Å². The van der Waals surface area contributed by atoms with E-state index in [-0.39, 0.29) is 11.2 Å². The van der Waals surface area contributed by atoms with Crippen LogP contribution < -0.4 is 10.2 Å². The van der Waals surface area contributed by atoms with Crippen LogP contribution in [0, 0.1) is 0 Å². The van der Waals surface area contributed by atoms with Gasteiger partial charge in [0.1, 0.15) is 5.69 Å². The van der Waals surface area contributed by atoms with E-state index in [1.807, 2.05) is 24.3 Å². The summed E-state index contributed by atoms with van der Waals surface area (Å²) < 4.78 is 0. The summed E-state index contributed by atoms with van der Waals surface area (Å²) in [7, 11) is 0. The van der Waals surface area contributed by atoms with Gasteiger partial charge in [-0.2, -0.15) is 4.98 Å². The van der Waals surface area contributed by atoms with Gasteiger partial charge in [-0.1, -0.05) is 25.0 Å². The number of hydrogen-bond donors (Lipinski definition) is 1. The highest BCUT2D eigenvalue weighted by molar-refractivity contribution is 6.28. The summed E-state index contributed by atoms with van der Waals surface area (Å²) in [6.07, 6.45) is 6.14. The third kappa shape index (κ3) is 2.13. The van der Waals surface area contributed by atoms with E-state index < -0.39 is 0 Å². The fourth-order valence-electron chi connectivity index (χ4n) is 3.34. The number of amides is 1. The number of para-hydroxylation sites is 1. The number of anilines is 3. The van der Waals surface area contributed by atoms with Crippen molar-refractivity contribution in [3.05, 3.63) is 41.3 Å². The number of fused-ring (bicyclic) bond motifs is 2. The van der Waals surface area contributed by atoms with Crippen molar-refractivity contribution in [3.8, 4) is 0 Å². The molecule has 0 saturated heterocycles. The zero-order valence-corrected chi connectivity index (χ0v) is 12.7. The van der Waals surface area contributed by atoms with Crippen molar-refractivity contribution < 1.29 is 4.79 Å². The first-order valence-electron chi connectivity index (χ1n) is 7.46.